The number of rotatable bonds is 34. The van der Waals surface area contributed by atoms with Crippen LogP contribution in [0.15, 0.2) is 0 Å². The third-order valence-corrected chi connectivity index (χ3v) is 8.61. The summed E-state index contributed by atoms with van der Waals surface area (Å²) in [4.78, 5) is 10.5. The Morgan fingerprint density at radius 1 is 0.316 bits per heavy atom. The lowest BCUT2D eigenvalue weighted by molar-refractivity contribution is -0.137. The van der Waals surface area contributed by atoms with Crippen molar-refractivity contribution in [2.75, 3.05) is 5.75 Å². The second-order valence-corrected chi connectivity index (χ2v) is 12.6. The number of carbonyl (C=O) groups is 1. The van der Waals surface area contributed by atoms with Gasteiger partial charge in [0.25, 0.3) is 0 Å². The van der Waals surface area contributed by atoms with Crippen LogP contribution in [-0.2, 0) is 4.79 Å². The predicted molar refractivity (Wildman–Crippen MR) is 174 cm³/mol. The van der Waals surface area contributed by atoms with Gasteiger partial charge < -0.3 is 5.11 Å². The number of carboxylic acid groups (broad SMARTS) is 1. The van der Waals surface area contributed by atoms with Gasteiger partial charge in [0.2, 0.25) is 0 Å². The summed E-state index contributed by atoms with van der Waals surface area (Å²) in [5.41, 5.74) is 0. The third kappa shape index (κ3) is 35.8. The van der Waals surface area contributed by atoms with Gasteiger partial charge in [0.05, 0.1) is 0 Å². The van der Waals surface area contributed by atoms with E-state index >= 15 is 0 Å². The summed E-state index contributed by atoms with van der Waals surface area (Å²) in [6, 6.07) is 0. The van der Waals surface area contributed by atoms with Gasteiger partial charge in [0.15, 0.2) is 0 Å². The Morgan fingerprint density at radius 3 is 0.632 bits per heavy atom. The molecule has 2 nitrogen and oxygen atoms in total. The molecule has 0 fully saturated rings. The van der Waals surface area contributed by atoms with Gasteiger partial charge in [-0.15, -0.1) is 0 Å². The molecular weight excluding hydrogens is 484 g/mol. The average molecular weight is 555 g/mol. The van der Waals surface area contributed by atoms with E-state index in [0.717, 1.165) is 18.6 Å². The summed E-state index contributed by atoms with van der Waals surface area (Å²) in [6.07, 6.45) is 45.1. The molecule has 0 atom stereocenters. The zero-order chi connectivity index (χ0) is 27.6. The summed E-state index contributed by atoms with van der Waals surface area (Å²) in [7, 11) is 0. The average Bonchev–Trinajstić information content (AvgIpc) is 2.91. The number of unbranched alkanes of at least 4 members (excludes halogenated alkanes) is 31. The third-order valence-electron chi connectivity index (χ3n) is 8.30. The topological polar surface area (TPSA) is 37.3 Å². The molecule has 0 aliphatic carbocycles. The zero-order valence-electron chi connectivity index (χ0n) is 25.8. The second-order valence-electron chi connectivity index (χ2n) is 12.2. The van der Waals surface area contributed by atoms with E-state index in [9.17, 15) is 4.79 Å². The first kappa shape index (κ1) is 37.8. The lowest BCUT2D eigenvalue weighted by Gasteiger charge is -2.05. The molecule has 0 heterocycles. The summed E-state index contributed by atoms with van der Waals surface area (Å²) >= 11 is 4.28. The normalized spacial score (nSPS) is 11.4. The number of carboxylic acids is 1. The molecule has 0 bridgehead atoms. The van der Waals surface area contributed by atoms with Gasteiger partial charge in [-0.05, 0) is 18.6 Å². The Bertz CT molecular complexity index is 440. The minimum absolute atomic E-state index is 0.346. The molecule has 0 aromatic rings. The van der Waals surface area contributed by atoms with Crippen LogP contribution in [0.1, 0.15) is 212 Å². The van der Waals surface area contributed by atoms with E-state index in [2.05, 4.69) is 12.6 Å². The quantitative estimate of drug-likeness (QED) is 0.0613. The fourth-order valence-corrected chi connectivity index (χ4v) is 5.91. The van der Waals surface area contributed by atoms with Crippen LogP contribution in [0.3, 0.4) is 0 Å². The first-order valence-corrected chi connectivity index (χ1v) is 18.2. The second kappa shape index (κ2) is 34.8. The molecule has 0 amide bonds. The molecule has 0 rings (SSSR count). The molecule has 0 aliphatic heterocycles. The van der Waals surface area contributed by atoms with Crippen LogP contribution in [0.2, 0.25) is 0 Å². The molecule has 1 N–H and O–H groups in total. The maximum atomic E-state index is 10.5. The van der Waals surface area contributed by atoms with Crippen LogP contribution in [-0.4, -0.2) is 16.8 Å². The molecule has 228 valence electrons. The zero-order valence-corrected chi connectivity index (χ0v) is 26.7. The van der Waals surface area contributed by atoms with Gasteiger partial charge in [0, 0.05) is 6.42 Å². The van der Waals surface area contributed by atoms with Crippen molar-refractivity contribution < 1.29 is 9.90 Å². The SMILES string of the molecule is O=C(O)CCCCCCCCCCCCCCCCCCCCCCCCCCCCCCCCCCS. The molecule has 0 aromatic carbocycles. The van der Waals surface area contributed by atoms with Crippen LogP contribution < -0.4 is 0 Å². The van der Waals surface area contributed by atoms with Crippen LogP contribution in [0.25, 0.3) is 0 Å². The molecule has 0 saturated heterocycles. The Kier molecular flexibility index (Phi) is 34.7. The van der Waals surface area contributed by atoms with Crippen molar-refractivity contribution in [2.45, 2.75) is 212 Å². The standard InChI is InChI=1S/C35H70O2S/c36-35(37)33-31-29-27-25-23-21-19-17-15-13-11-9-7-5-3-1-2-4-6-8-10-12-14-16-18-20-22-24-26-28-30-32-34-38/h38H,1-34H2,(H,36,37). The van der Waals surface area contributed by atoms with Crippen LogP contribution >= 0.6 is 12.6 Å². The highest BCUT2D eigenvalue weighted by molar-refractivity contribution is 7.80. The van der Waals surface area contributed by atoms with Gasteiger partial charge in [-0.1, -0.05) is 193 Å². The smallest absolute Gasteiger partial charge is 0.303 e. The van der Waals surface area contributed by atoms with Crippen LogP contribution in [0, 0.1) is 0 Å². The maximum absolute atomic E-state index is 10.5. The van der Waals surface area contributed by atoms with E-state index in [1.807, 2.05) is 0 Å². The monoisotopic (exact) mass is 555 g/mol. The molecule has 0 aliphatic rings. The molecule has 3 heteroatoms. The Morgan fingerprint density at radius 2 is 0.474 bits per heavy atom. The fourth-order valence-electron chi connectivity index (χ4n) is 5.69. The van der Waals surface area contributed by atoms with Crippen molar-refractivity contribution in [2.24, 2.45) is 0 Å². The van der Waals surface area contributed by atoms with Crippen molar-refractivity contribution in [1.82, 2.24) is 0 Å². The molecule has 0 radical (unpaired) electrons. The van der Waals surface area contributed by atoms with Crippen molar-refractivity contribution in [3.63, 3.8) is 0 Å². The van der Waals surface area contributed by atoms with E-state index in [4.69, 9.17) is 5.11 Å². The molecule has 38 heavy (non-hydrogen) atoms. The van der Waals surface area contributed by atoms with Crippen LogP contribution in [0.5, 0.6) is 0 Å². The minimum Gasteiger partial charge on any atom is -0.481 e. The molecule has 0 spiro atoms. The molecular formula is C35H70O2S. The number of hydrogen-bond acceptors (Lipinski definition) is 2. The van der Waals surface area contributed by atoms with E-state index in [1.54, 1.807) is 0 Å². The molecule has 0 saturated carbocycles. The first-order valence-electron chi connectivity index (χ1n) is 17.6. The van der Waals surface area contributed by atoms with E-state index in [-0.39, 0.29) is 0 Å². The van der Waals surface area contributed by atoms with E-state index < -0.39 is 5.97 Å². The number of hydrogen-bond donors (Lipinski definition) is 2. The Balaban J connectivity index is 3.02. The van der Waals surface area contributed by atoms with Gasteiger partial charge in [-0.2, -0.15) is 12.6 Å². The van der Waals surface area contributed by atoms with Crippen molar-refractivity contribution in [1.29, 1.82) is 0 Å². The Labute approximate surface area is 245 Å². The lowest BCUT2D eigenvalue weighted by Crippen LogP contribution is -1.93. The maximum Gasteiger partial charge on any atom is 0.303 e. The van der Waals surface area contributed by atoms with Gasteiger partial charge in [-0.3, -0.25) is 4.79 Å². The largest absolute Gasteiger partial charge is 0.481 e. The van der Waals surface area contributed by atoms with Gasteiger partial charge in [0.1, 0.15) is 0 Å². The van der Waals surface area contributed by atoms with E-state index in [0.29, 0.717) is 6.42 Å². The predicted octanol–water partition coefficient (Wildman–Crippen LogP) is 12.9. The lowest BCUT2D eigenvalue weighted by atomic mass is 10.0. The van der Waals surface area contributed by atoms with Gasteiger partial charge in [-0.25, -0.2) is 0 Å². The minimum atomic E-state index is -0.648. The highest BCUT2D eigenvalue weighted by Gasteiger charge is 1.98. The summed E-state index contributed by atoms with van der Waals surface area (Å²) in [5, 5.41) is 8.63. The highest BCUT2D eigenvalue weighted by Crippen LogP contribution is 2.17. The highest BCUT2D eigenvalue weighted by atomic mass is 32.1. The number of thiol groups is 1. The molecule has 0 unspecified atom stereocenters. The van der Waals surface area contributed by atoms with Crippen molar-refractivity contribution in [3.05, 3.63) is 0 Å². The first-order chi connectivity index (χ1) is 18.8. The summed E-state index contributed by atoms with van der Waals surface area (Å²) in [5.74, 6) is 0.413. The van der Waals surface area contributed by atoms with Crippen LogP contribution in [0.4, 0.5) is 0 Å². The van der Waals surface area contributed by atoms with Crippen molar-refractivity contribution >= 4 is 18.6 Å². The number of aliphatic carboxylic acids is 1. The fraction of sp³-hybridized carbons (Fsp3) is 0.971. The summed E-state index contributed by atoms with van der Waals surface area (Å²) in [6.45, 7) is 0. The van der Waals surface area contributed by atoms with E-state index in [1.165, 1.54) is 193 Å². The van der Waals surface area contributed by atoms with Gasteiger partial charge >= 0.3 is 5.97 Å². The Hall–Kier alpha value is -0.180. The molecule has 0 aromatic heterocycles. The summed E-state index contributed by atoms with van der Waals surface area (Å²) < 4.78 is 0. The van der Waals surface area contributed by atoms with Crippen molar-refractivity contribution in [3.8, 4) is 0 Å².